The van der Waals surface area contributed by atoms with E-state index in [-0.39, 0.29) is 11.9 Å². The van der Waals surface area contributed by atoms with Gasteiger partial charge in [-0.1, -0.05) is 6.07 Å². The van der Waals surface area contributed by atoms with Crippen molar-refractivity contribution in [3.8, 4) is 0 Å². The molecule has 1 aliphatic rings. The van der Waals surface area contributed by atoms with Crippen LogP contribution in [0.25, 0.3) is 0 Å². The summed E-state index contributed by atoms with van der Waals surface area (Å²) in [5.41, 5.74) is 8.22. The average Bonchev–Trinajstić information content (AvgIpc) is 2.64. The van der Waals surface area contributed by atoms with Gasteiger partial charge in [0.05, 0.1) is 5.69 Å². The van der Waals surface area contributed by atoms with Gasteiger partial charge in [0.1, 0.15) is 0 Å². The number of carbonyl (C=O) groups is 1. The molecule has 1 atom stereocenters. The van der Waals surface area contributed by atoms with E-state index in [1.54, 1.807) is 6.92 Å². The second-order valence-corrected chi connectivity index (χ2v) is 6.20. The van der Waals surface area contributed by atoms with Crippen molar-refractivity contribution in [2.45, 2.75) is 26.3 Å². The number of nitrogens with two attached hydrogens (primary N) is 1. The van der Waals surface area contributed by atoms with E-state index in [2.05, 4.69) is 39.0 Å². The average molecular weight is 340 g/mol. The minimum Gasteiger partial charge on any atom is -0.369 e. The van der Waals surface area contributed by atoms with Gasteiger partial charge in [-0.25, -0.2) is 0 Å². The summed E-state index contributed by atoms with van der Waals surface area (Å²) in [5.74, 6) is 0.165. The van der Waals surface area contributed by atoms with Crippen LogP contribution < -0.4 is 10.6 Å². The Balaban J connectivity index is 2.13. The van der Waals surface area contributed by atoms with Crippen molar-refractivity contribution in [1.29, 1.82) is 0 Å². The zero-order valence-corrected chi connectivity index (χ0v) is 13.7. The normalized spacial score (nSPS) is 17.8. The zero-order valence-electron chi connectivity index (χ0n) is 12.1. The Kier molecular flexibility index (Phi) is 5.05. The zero-order chi connectivity index (χ0) is 14.7. The quantitative estimate of drug-likeness (QED) is 0.900. The van der Waals surface area contributed by atoms with Crippen molar-refractivity contribution in [3.63, 3.8) is 0 Å². The van der Waals surface area contributed by atoms with Crippen molar-refractivity contribution in [1.82, 2.24) is 4.90 Å². The van der Waals surface area contributed by atoms with Crippen molar-refractivity contribution in [2.24, 2.45) is 5.73 Å². The van der Waals surface area contributed by atoms with Crippen LogP contribution in [0.15, 0.2) is 22.7 Å². The molecule has 110 valence electrons. The fourth-order valence-corrected chi connectivity index (χ4v) is 3.18. The maximum atomic E-state index is 11.5. The van der Waals surface area contributed by atoms with Crippen LogP contribution in [0, 0.1) is 0 Å². The lowest BCUT2D eigenvalue weighted by atomic mass is 10.1. The molecule has 0 radical (unpaired) electrons. The number of carbonyl (C=O) groups excluding carboxylic acids is 1. The highest BCUT2D eigenvalue weighted by Gasteiger charge is 2.18. The standard InChI is InChI=1S/C15H22BrN3O/c1-11(17)13-4-5-15(14(16)10-13)19-7-3-6-18(8-9-19)12(2)20/h4-5,10-11H,3,6-9,17H2,1-2H3/t11-/m1/s1. The van der Waals surface area contributed by atoms with Crippen molar-refractivity contribution in [3.05, 3.63) is 28.2 Å². The molecule has 1 heterocycles. The Hall–Kier alpha value is -1.07. The van der Waals surface area contributed by atoms with E-state index in [0.717, 1.165) is 42.6 Å². The highest BCUT2D eigenvalue weighted by Crippen LogP contribution is 2.29. The molecule has 2 rings (SSSR count). The van der Waals surface area contributed by atoms with Crippen LogP contribution in [0.4, 0.5) is 5.69 Å². The summed E-state index contributed by atoms with van der Waals surface area (Å²) >= 11 is 3.64. The largest absolute Gasteiger partial charge is 0.369 e. The van der Waals surface area contributed by atoms with Gasteiger partial charge in [0.2, 0.25) is 5.91 Å². The molecule has 4 nitrogen and oxygen atoms in total. The number of anilines is 1. The van der Waals surface area contributed by atoms with Gasteiger partial charge in [-0.3, -0.25) is 4.79 Å². The third-order valence-corrected chi connectivity index (χ3v) is 4.41. The lowest BCUT2D eigenvalue weighted by Crippen LogP contribution is -2.33. The van der Waals surface area contributed by atoms with E-state index in [4.69, 9.17) is 5.73 Å². The van der Waals surface area contributed by atoms with Crippen LogP contribution in [-0.2, 0) is 4.79 Å². The molecule has 0 aliphatic carbocycles. The maximum absolute atomic E-state index is 11.5. The highest BCUT2D eigenvalue weighted by atomic mass is 79.9. The second-order valence-electron chi connectivity index (χ2n) is 5.35. The van der Waals surface area contributed by atoms with Gasteiger partial charge in [-0.15, -0.1) is 0 Å². The van der Waals surface area contributed by atoms with Crippen LogP contribution in [0.2, 0.25) is 0 Å². The molecule has 20 heavy (non-hydrogen) atoms. The van der Waals surface area contributed by atoms with Gasteiger partial charge in [0, 0.05) is 43.6 Å². The Bertz CT molecular complexity index is 490. The first-order valence-electron chi connectivity index (χ1n) is 7.04. The van der Waals surface area contributed by atoms with Crippen LogP contribution in [0.1, 0.15) is 31.9 Å². The van der Waals surface area contributed by atoms with E-state index >= 15 is 0 Å². The van der Waals surface area contributed by atoms with E-state index < -0.39 is 0 Å². The van der Waals surface area contributed by atoms with E-state index in [0.29, 0.717) is 0 Å². The van der Waals surface area contributed by atoms with Crippen LogP contribution in [0.5, 0.6) is 0 Å². The highest BCUT2D eigenvalue weighted by molar-refractivity contribution is 9.10. The van der Waals surface area contributed by atoms with Gasteiger partial charge in [-0.05, 0) is 47.0 Å². The van der Waals surface area contributed by atoms with Gasteiger partial charge in [0.15, 0.2) is 0 Å². The summed E-state index contributed by atoms with van der Waals surface area (Å²) in [4.78, 5) is 15.7. The predicted octanol–water partition coefficient (Wildman–Crippen LogP) is 2.53. The molecule has 0 spiro atoms. The Morgan fingerprint density at radius 3 is 2.65 bits per heavy atom. The lowest BCUT2D eigenvalue weighted by molar-refractivity contribution is -0.128. The van der Waals surface area contributed by atoms with E-state index in [1.807, 2.05) is 11.8 Å². The molecule has 1 aromatic rings. The first-order chi connectivity index (χ1) is 9.49. The molecule has 0 bridgehead atoms. The van der Waals surface area contributed by atoms with E-state index in [9.17, 15) is 4.79 Å². The van der Waals surface area contributed by atoms with Crippen LogP contribution in [0.3, 0.4) is 0 Å². The Morgan fingerprint density at radius 2 is 2.05 bits per heavy atom. The molecule has 0 saturated carbocycles. The monoisotopic (exact) mass is 339 g/mol. The molecular formula is C15H22BrN3O. The number of hydrogen-bond acceptors (Lipinski definition) is 3. The number of halogens is 1. The number of rotatable bonds is 2. The maximum Gasteiger partial charge on any atom is 0.219 e. The Labute approximate surface area is 129 Å². The van der Waals surface area contributed by atoms with Gasteiger partial charge in [-0.2, -0.15) is 0 Å². The molecule has 0 unspecified atom stereocenters. The molecule has 1 aromatic carbocycles. The van der Waals surface area contributed by atoms with Gasteiger partial charge >= 0.3 is 0 Å². The predicted molar refractivity (Wildman–Crippen MR) is 85.8 cm³/mol. The summed E-state index contributed by atoms with van der Waals surface area (Å²) < 4.78 is 1.07. The van der Waals surface area contributed by atoms with Gasteiger partial charge in [0.25, 0.3) is 0 Å². The molecular weight excluding hydrogens is 318 g/mol. The molecule has 2 N–H and O–H groups in total. The van der Waals surface area contributed by atoms with Crippen LogP contribution in [-0.4, -0.2) is 37.0 Å². The fraction of sp³-hybridized carbons (Fsp3) is 0.533. The van der Waals surface area contributed by atoms with Crippen molar-refractivity contribution < 1.29 is 4.79 Å². The summed E-state index contributed by atoms with van der Waals surface area (Å²) in [7, 11) is 0. The van der Waals surface area contributed by atoms with Crippen molar-refractivity contribution >= 4 is 27.5 Å². The minimum absolute atomic E-state index is 0.0395. The molecule has 5 heteroatoms. The summed E-state index contributed by atoms with van der Waals surface area (Å²) in [6.07, 6.45) is 1.00. The third-order valence-electron chi connectivity index (χ3n) is 3.78. The first-order valence-corrected chi connectivity index (χ1v) is 7.84. The molecule has 1 amide bonds. The smallest absolute Gasteiger partial charge is 0.219 e. The number of nitrogens with zero attached hydrogens (tertiary/aromatic N) is 2. The fourth-order valence-electron chi connectivity index (χ4n) is 2.54. The molecule has 1 saturated heterocycles. The summed E-state index contributed by atoms with van der Waals surface area (Å²) in [6, 6.07) is 6.33. The molecule has 0 aromatic heterocycles. The third kappa shape index (κ3) is 3.52. The lowest BCUT2D eigenvalue weighted by Gasteiger charge is -2.25. The second kappa shape index (κ2) is 6.59. The Morgan fingerprint density at radius 1 is 1.30 bits per heavy atom. The molecule has 1 aliphatic heterocycles. The number of hydrogen-bond donors (Lipinski definition) is 1. The number of benzene rings is 1. The van der Waals surface area contributed by atoms with Crippen molar-refractivity contribution in [2.75, 3.05) is 31.1 Å². The summed E-state index contributed by atoms with van der Waals surface area (Å²) in [5, 5.41) is 0. The number of amides is 1. The summed E-state index contributed by atoms with van der Waals surface area (Å²) in [6.45, 7) is 7.11. The first kappa shape index (κ1) is 15.3. The molecule has 1 fully saturated rings. The topological polar surface area (TPSA) is 49.6 Å². The van der Waals surface area contributed by atoms with Gasteiger partial charge < -0.3 is 15.5 Å². The van der Waals surface area contributed by atoms with Crippen LogP contribution >= 0.6 is 15.9 Å². The SMILES string of the molecule is CC(=O)N1CCCN(c2ccc([C@@H](C)N)cc2Br)CC1. The van der Waals surface area contributed by atoms with E-state index in [1.165, 1.54) is 5.69 Å². The minimum atomic E-state index is 0.0395.